The third-order valence-electron chi connectivity index (χ3n) is 4.49. The maximum Gasteiger partial charge on any atom is 0.487 e. The number of benzene rings is 1. The molecule has 0 aliphatic heterocycles. The van der Waals surface area contributed by atoms with E-state index in [1.807, 2.05) is 0 Å². The van der Waals surface area contributed by atoms with Crippen LogP contribution in [0.3, 0.4) is 0 Å². The Bertz CT molecular complexity index is 1180. The number of ether oxygens (including phenoxy) is 1. The first kappa shape index (κ1) is 23.9. The lowest BCUT2D eigenvalue weighted by molar-refractivity contribution is -0.0964. The van der Waals surface area contributed by atoms with Crippen LogP contribution in [-0.2, 0) is 0 Å². The summed E-state index contributed by atoms with van der Waals surface area (Å²) in [6, 6.07) is 8.67. The van der Waals surface area contributed by atoms with E-state index in [2.05, 4.69) is 25.9 Å². The van der Waals surface area contributed by atoms with Gasteiger partial charge in [-0.05, 0) is 36.4 Å². The molecular weight excluding hydrogens is 454 g/mol. The Balaban J connectivity index is 1.90. The van der Waals surface area contributed by atoms with Crippen LogP contribution in [0, 0.1) is 12.3 Å². The lowest BCUT2D eigenvalue weighted by atomic mass is 10.0. The molecule has 0 atom stereocenters. The molecule has 0 aliphatic rings. The molecule has 0 saturated heterocycles. The van der Waals surface area contributed by atoms with Gasteiger partial charge in [-0.2, -0.15) is 0 Å². The summed E-state index contributed by atoms with van der Waals surface area (Å²) in [5, 5.41) is 12.0. The molecule has 0 bridgehead atoms. The Hall–Kier alpha value is -3.74. The number of aromatic nitrogens is 2. The molecule has 1 amide bonds. The number of hydrogen-bond donors (Lipinski definition) is 2. The van der Waals surface area contributed by atoms with Gasteiger partial charge in [0.25, 0.3) is 5.91 Å². The summed E-state index contributed by atoms with van der Waals surface area (Å²) >= 11 is 4.75. The number of hydrogen-bond acceptors (Lipinski definition) is 6. The first-order valence-electron chi connectivity index (χ1n) is 9.61. The molecule has 0 radical (unpaired) electrons. The normalized spacial score (nSPS) is 10.9. The van der Waals surface area contributed by atoms with E-state index in [-0.39, 0.29) is 17.9 Å². The average molecular weight is 473 g/mol. The fourth-order valence-corrected chi connectivity index (χ4v) is 3.05. The van der Waals surface area contributed by atoms with E-state index in [0.717, 1.165) is 0 Å². The molecule has 3 aromatic rings. The highest BCUT2D eigenvalue weighted by Gasteiger charge is 2.27. The Kier molecular flexibility index (Phi) is 7.43. The van der Waals surface area contributed by atoms with Crippen LogP contribution in [0.25, 0.3) is 11.1 Å². The number of aliphatic hydroxyl groups is 1. The average Bonchev–Trinajstić information content (AvgIpc) is 2.79. The fourth-order valence-electron chi connectivity index (χ4n) is 2.96. The number of carbonyl (C=O) groups is 1. The summed E-state index contributed by atoms with van der Waals surface area (Å²) in [5.74, 6) is 2.41. The highest BCUT2D eigenvalue weighted by Crippen LogP contribution is 2.30. The molecule has 3 rings (SSSR count). The van der Waals surface area contributed by atoms with Crippen molar-refractivity contribution in [2.75, 3.05) is 30.4 Å². The number of terminal acetylenes is 1. The zero-order valence-corrected chi connectivity index (χ0v) is 18.2. The van der Waals surface area contributed by atoms with Gasteiger partial charge >= 0.3 is 5.57 Å². The third-order valence-corrected chi connectivity index (χ3v) is 4.56. The van der Waals surface area contributed by atoms with Crippen LogP contribution in [0.15, 0.2) is 55.0 Å². The third kappa shape index (κ3) is 6.38. The van der Waals surface area contributed by atoms with Crippen LogP contribution in [0.1, 0.15) is 15.9 Å². The van der Waals surface area contributed by atoms with Gasteiger partial charge in [-0.15, -0.1) is 15.2 Å². The van der Waals surface area contributed by atoms with E-state index >= 15 is 0 Å². The second-order valence-corrected chi connectivity index (χ2v) is 7.31. The van der Waals surface area contributed by atoms with Gasteiger partial charge in [0.1, 0.15) is 11.6 Å². The lowest BCUT2D eigenvalue weighted by Gasteiger charge is -2.21. The number of likely N-dealkylation sites (N-methyl/N-ethyl adjacent to an activating group) is 1. The minimum Gasteiger partial charge on any atom is -0.420 e. The van der Waals surface area contributed by atoms with Crippen LogP contribution >= 0.6 is 11.6 Å². The number of nitrogens with one attached hydrogen (secondary N) is 1. The van der Waals surface area contributed by atoms with Crippen molar-refractivity contribution in [2.45, 2.75) is 5.57 Å². The highest BCUT2D eigenvalue weighted by molar-refractivity contribution is 6.20. The van der Waals surface area contributed by atoms with Gasteiger partial charge in [-0.3, -0.25) is 9.78 Å². The molecular formula is C23H19ClF2N4O3. The molecule has 33 heavy (non-hydrogen) atoms. The zero-order chi connectivity index (χ0) is 24.0. The highest BCUT2D eigenvalue weighted by atomic mass is 35.5. The maximum atomic E-state index is 12.8. The number of anilines is 2. The van der Waals surface area contributed by atoms with Gasteiger partial charge in [0, 0.05) is 66.2 Å². The second kappa shape index (κ2) is 10.3. The molecule has 2 heterocycles. The number of pyridine rings is 2. The molecule has 0 fully saturated rings. The number of rotatable bonds is 8. The second-order valence-electron chi connectivity index (χ2n) is 6.87. The summed E-state index contributed by atoms with van der Waals surface area (Å²) in [7, 11) is 1.76. The number of alkyl halides is 3. The number of nitrogens with zero attached hydrogens (tertiary/aromatic N) is 3. The van der Waals surface area contributed by atoms with Crippen molar-refractivity contribution in [1.82, 2.24) is 9.97 Å². The Morgan fingerprint density at radius 2 is 2.00 bits per heavy atom. The molecule has 0 aliphatic carbocycles. The fraction of sp³-hybridized carbons (Fsp3) is 0.174. The number of halogens is 3. The van der Waals surface area contributed by atoms with Crippen LogP contribution in [0.4, 0.5) is 20.3 Å². The zero-order valence-electron chi connectivity index (χ0n) is 17.4. The van der Waals surface area contributed by atoms with Crippen molar-refractivity contribution in [3.05, 3.63) is 66.1 Å². The molecule has 2 aromatic heterocycles. The minimum atomic E-state index is -3.83. The molecule has 2 N–H and O–H groups in total. The van der Waals surface area contributed by atoms with Crippen molar-refractivity contribution >= 4 is 29.0 Å². The van der Waals surface area contributed by atoms with Gasteiger partial charge in [0.05, 0.1) is 12.2 Å². The Morgan fingerprint density at radius 1 is 1.27 bits per heavy atom. The van der Waals surface area contributed by atoms with Crippen molar-refractivity contribution in [3.63, 3.8) is 0 Å². The summed E-state index contributed by atoms with van der Waals surface area (Å²) in [6.07, 6.45) is 10.0. The first-order chi connectivity index (χ1) is 15.7. The standard InChI is InChI=1S/C23H19ClF2N4O3/c1-3-15-10-16(13-27-12-15)20-11-17(14-28-21(20)30(2)8-9-31)22(32)29-18-4-6-19(7-5-18)33-23(24,25)26/h1,4-7,10-14,31H,8-9H2,2H3,(H,29,32). The predicted molar refractivity (Wildman–Crippen MR) is 122 cm³/mol. The Morgan fingerprint density at radius 3 is 2.64 bits per heavy atom. The molecule has 10 heteroatoms. The van der Waals surface area contributed by atoms with Crippen molar-refractivity contribution in [2.24, 2.45) is 0 Å². The van der Waals surface area contributed by atoms with Crippen LogP contribution in [0.5, 0.6) is 5.75 Å². The van der Waals surface area contributed by atoms with Crippen molar-refractivity contribution in [3.8, 4) is 29.2 Å². The predicted octanol–water partition coefficient (Wildman–Crippen LogP) is 3.97. The molecule has 0 unspecified atom stereocenters. The summed E-state index contributed by atoms with van der Waals surface area (Å²) in [5.41, 5.74) is -1.44. The molecule has 1 aromatic carbocycles. The van der Waals surface area contributed by atoms with Crippen LogP contribution < -0.4 is 15.0 Å². The van der Waals surface area contributed by atoms with Crippen molar-refractivity contribution < 1.29 is 23.4 Å². The van der Waals surface area contributed by atoms with Gasteiger partial charge in [-0.1, -0.05) is 5.92 Å². The summed E-state index contributed by atoms with van der Waals surface area (Å²) in [6.45, 7) is 0.238. The van der Waals surface area contributed by atoms with Crippen molar-refractivity contribution in [1.29, 1.82) is 0 Å². The van der Waals surface area contributed by atoms with Gasteiger partial charge in [-0.25, -0.2) is 4.98 Å². The topological polar surface area (TPSA) is 87.6 Å². The molecule has 0 spiro atoms. The largest absolute Gasteiger partial charge is 0.487 e. The summed E-state index contributed by atoms with van der Waals surface area (Å²) in [4.78, 5) is 23.1. The molecule has 170 valence electrons. The number of aliphatic hydroxyl groups excluding tert-OH is 1. The lowest BCUT2D eigenvalue weighted by Crippen LogP contribution is -2.23. The van der Waals surface area contributed by atoms with Crippen LogP contribution in [-0.4, -0.2) is 46.7 Å². The SMILES string of the molecule is C#Cc1cncc(-c2cc(C(=O)Nc3ccc(OC(F)(F)Cl)cc3)cnc2N(C)CCO)c1. The first-order valence-corrected chi connectivity index (χ1v) is 9.99. The smallest absolute Gasteiger partial charge is 0.420 e. The molecule has 0 saturated carbocycles. The van der Waals surface area contributed by atoms with E-state index in [4.69, 9.17) is 18.0 Å². The van der Waals surface area contributed by atoms with E-state index in [0.29, 0.717) is 34.7 Å². The van der Waals surface area contributed by atoms with Gasteiger partial charge in [0.15, 0.2) is 0 Å². The van der Waals surface area contributed by atoms with Gasteiger partial charge in [0.2, 0.25) is 0 Å². The Labute approximate surface area is 194 Å². The molecule has 7 nitrogen and oxygen atoms in total. The van der Waals surface area contributed by atoms with Gasteiger partial charge < -0.3 is 20.1 Å². The summed E-state index contributed by atoms with van der Waals surface area (Å²) < 4.78 is 29.7. The van der Waals surface area contributed by atoms with E-state index in [9.17, 15) is 18.7 Å². The van der Waals surface area contributed by atoms with E-state index in [1.165, 1.54) is 36.7 Å². The minimum absolute atomic E-state index is 0.0855. The van der Waals surface area contributed by atoms with E-state index in [1.54, 1.807) is 30.3 Å². The monoisotopic (exact) mass is 472 g/mol. The number of carbonyl (C=O) groups excluding carboxylic acids is 1. The maximum absolute atomic E-state index is 12.8. The van der Waals surface area contributed by atoms with E-state index < -0.39 is 11.5 Å². The van der Waals surface area contributed by atoms with Crippen LogP contribution in [0.2, 0.25) is 0 Å². The quantitative estimate of drug-likeness (QED) is 0.381. The number of amides is 1.